The summed E-state index contributed by atoms with van der Waals surface area (Å²) < 4.78 is 5.14. The molecule has 1 N–H and O–H groups in total. The first-order chi connectivity index (χ1) is 12.2. The van der Waals surface area contributed by atoms with Crippen molar-refractivity contribution in [3.63, 3.8) is 0 Å². The van der Waals surface area contributed by atoms with E-state index >= 15 is 0 Å². The second-order valence-corrected chi connectivity index (χ2v) is 6.23. The molecule has 0 radical (unpaired) electrons. The minimum absolute atomic E-state index is 0.373. The number of aromatic nitrogens is 1. The van der Waals surface area contributed by atoms with Crippen LogP contribution in [0.3, 0.4) is 0 Å². The van der Waals surface area contributed by atoms with E-state index < -0.39 is 0 Å². The molecule has 4 rings (SSSR count). The maximum absolute atomic E-state index is 12.4. The summed E-state index contributed by atoms with van der Waals surface area (Å²) in [7, 11) is 1.61. The normalized spacial score (nSPS) is 13.1. The first-order valence-corrected chi connectivity index (χ1v) is 8.40. The molecule has 3 aromatic rings. The van der Waals surface area contributed by atoms with Gasteiger partial charge in [0.25, 0.3) is 11.8 Å². The number of imide groups is 1. The average molecular weight is 351 g/mol. The number of carbonyl (C=O) groups is 2. The number of hydrogen-bond acceptors (Lipinski definition) is 6. The predicted octanol–water partition coefficient (Wildman–Crippen LogP) is 3.44. The molecule has 1 aliphatic heterocycles. The number of hydrogen-bond donors (Lipinski definition) is 1. The van der Waals surface area contributed by atoms with E-state index in [0.717, 1.165) is 22.0 Å². The molecule has 0 atom stereocenters. The Kier molecular flexibility index (Phi) is 3.70. The summed E-state index contributed by atoms with van der Waals surface area (Å²) in [4.78, 5) is 29.2. The van der Waals surface area contributed by atoms with Gasteiger partial charge >= 0.3 is 0 Å². The third kappa shape index (κ3) is 2.64. The van der Waals surface area contributed by atoms with Crippen LogP contribution in [0.25, 0.3) is 11.3 Å². The summed E-state index contributed by atoms with van der Waals surface area (Å²) in [6.45, 7) is 0. The van der Waals surface area contributed by atoms with Crippen LogP contribution in [0.15, 0.2) is 53.9 Å². The van der Waals surface area contributed by atoms with Gasteiger partial charge in [0.05, 0.1) is 23.9 Å². The number of benzene rings is 2. The molecule has 2 aromatic carbocycles. The summed E-state index contributed by atoms with van der Waals surface area (Å²) in [5.74, 6) is 0.0203. The number of carbonyl (C=O) groups excluding carboxylic acids is 2. The van der Waals surface area contributed by atoms with E-state index in [-0.39, 0.29) is 11.8 Å². The van der Waals surface area contributed by atoms with Crippen LogP contribution in [-0.4, -0.2) is 28.9 Å². The van der Waals surface area contributed by atoms with Gasteiger partial charge < -0.3 is 4.74 Å². The maximum Gasteiger partial charge on any atom is 0.280 e. The number of hydrazine groups is 1. The van der Waals surface area contributed by atoms with Gasteiger partial charge in [-0.2, -0.15) is 5.01 Å². The Bertz CT molecular complexity index is 931. The zero-order valence-electron chi connectivity index (χ0n) is 13.2. The molecule has 0 bridgehead atoms. The number of nitrogens with one attached hydrogen (secondary N) is 1. The first kappa shape index (κ1) is 15.3. The van der Waals surface area contributed by atoms with Crippen molar-refractivity contribution >= 4 is 28.3 Å². The van der Waals surface area contributed by atoms with Crippen molar-refractivity contribution in [1.29, 1.82) is 0 Å². The molecule has 6 nitrogen and oxygen atoms in total. The molecule has 124 valence electrons. The van der Waals surface area contributed by atoms with Gasteiger partial charge in [0, 0.05) is 10.9 Å². The van der Waals surface area contributed by atoms with E-state index in [1.54, 1.807) is 31.4 Å². The van der Waals surface area contributed by atoms with Crippen LogP contribution in [0, 0.1) is 0 Å². The van der Waals surface area contributed by atoms with Crippen LogP contribution >= 0.6 is 11.3 Å². The zero-order valence-corrected chi connectivity index (χ0v) is 14.0. The number of fused-ring (bicyclic) bond motifs is 1. The van der Waals surface area contributed by atoms with Gasteiger partial charge in [0.1, 0.15) is 5.75 Å². The lowest BCUT2D eigenvalue weighted by Crippen LogP contribution is -2.35. The fraction of sp³-hybridized carbons (Fsp3) is 0.0556. The van der Waals surface area contributed by atoms with Crippen molar-refractivity contribution in [2.75, 3.05) is 12.5 Å². The van der Waals surface area contributed by atoms with E-state index in [9.17, 15) is 9.59 Å². The van der Waals surface area contributed by atoms with Crippen LogP contribution in [-0.2, 0) is 0 Å². The Labute approximate surface area is 147 Å². The average Bonchev–Trinajstić information content (AvgIpc) is 3.22. The van der Waals surface area contributed by atoms with Crippen molar-refractivity contribution < 1.29 is 14.3 Å². The number of nitrogens with zero attached hydrogens (tertiary/aromatic N) is 2. The fourth-order valence-corrected chi connectivity index (χ4v) is 3.31. The molecule has 0 aliphatic carbocycles. The topological polar surface area (TPSA) is 71.5 Å². The van der Waals surface area contributed by atoms with Crippen LogP contribution < -0.4 is 10.2 Å². The molecule has 0 saturated carbocycles. The lowest BCUT2D eigenvalue weighted by molar-refractivity contribution is 0.0691. The molecule has 1 aromatic heterocycles. The Balaban J connectivity index is 1.56. The predicted molar refractivity (Wildman–Crippen MR) is 94.7 cm³/mol. The summed E-state index contributed by atoms with van der Waals surface area (Å²) >= 11 is 1.32. The lowest BCUT2D eigenvalue weighted by Gasteiger charge is -2.13. The second-order valence-electron chi connectivity index (χ2n) is 5.37. The molecule has 0 saturated heterocycles. The number of anilines is 1. The number of amides is 2. The second kappa shape index (κ2) is 6.03. The van der Waals surface area contributed by atoms with Crippen molar-refractivity contribution in [2.24, 2.45) is 0 Å². The molecule has 2 amide bonds. The molecule has 0 spiro atoms. The van der Waals surface area contributed by atoms with Gasteiger partial charge in [-0.25, -0.2) is 4.98 Å². The highest BCUT2D eigenvalue weighted by Gasteiger charge is 2.36. The first-order valence-electron chi connectivity index (χ1n) is 7.52. The van der Waals surface area contributed by atoms with Crippen molar-refractivity contribution in [1.82, 2.24) is 9.99 Å². The molecule has 25 heavy (non-hydrogen) atoms. The molecule has 7 heteroatoms. The maximum atomic E-state index is 12.4. The van der Waals surface area contributed by atoms with Crippen LogP contribution in [0.5, 0.6) is 5.75 Å². The van der Waals surface area contributed by atoms with E-state index in [1.807, 2.05) is 29.6 Å². The van der Waals surface area contributed by atoms with Gasteiger partial charge in [-0.15, -0.1) is 11.3 Å². The monoisotopic (exact) mass is 351 g/mol. The largest absolute Gasteiger partial charge is 0.497 e. The molecule has 2 heterocycles. The van der Waals surface area contributed by atoms with Crippen LogP contribution in [0.4, 0.5) is 5.13 Å². The highest BCUT2D eigenvalue weighted by atomic mass is 32.1. The number of thiazole rings is 1. The quantitative estimate of drug-likeness (QED) is 0.729. The van der Waals surface area contributed by atoms with E-state index in [1.165, 1.54) is 11.3 Å². The Hall–Kier alpha value is -3.19. The highest BCUT2D eigenvalue weighted by Crippen LogP contribution is 2.29. The zero-order chi connectivity index (χ0) is 17.4. The molecule has 0 fully saturated rings. The molecular weight excluding hydrogens is 338 g/mol. The standard InChI is InChI=1S/C18H13N3O3S/c1-24-12-8-6-11(7-9-12)15-10-25-18(19-15)20-21-16(22)13-4-2-3-5-14(13)17(21)23/h2-10H,1H3,(H,19,20). The number of ether oxygens (including phenoxy) is 1. The summed E-state index contributed by atoms with van der Waals surface area (Å²) in [5, 5.41) is 3.34. The third-order valence-corrected chi connectivity index (χ3v) is 4.64. The lowest BCUT2D eigenvalue weighted by atomic mass is 10.1. The minimum atomic E-state index is -0.373. The van der Waals surface area contributed by atoms with Crippen molar-refractivity contribution in [3.8, 4) is 17.0 Å². The van der Waals surface area contributed by atoms with Crippen LogP contribution in [0.1, 0.15) is 20.7 Å². The van der Waals surface area contributed by atoms with Gasteiger partial charge in [-0.05, 0) is 36.4 Å². The summed E-state index contributed by atoms with van der Waals surface area (Å²) in [6, 6.07) is 14.3. The number of methoxy groups -OCH3 is 1. The summed E-state index contributed by atoms with van der Waals surface area (Å²) in [5.41, 5.74) is 5.29. The van der Waals surface area contributed by atoms with Crippen LogP contribution in [0.2, 0.25) is 0 Å². The van der Waals surface area contributed by atoms with Gasteiger partial charge in [0.15, 0.2) is 0 Å². The Morgan fingerprint density at radius 1 is 1.00 bits per heavy atom. The molecule has 1 aliphatic rings. The van der Waals surface area contributed by atoms with Gasteiger partial charge in [0.2, 0.25) is 5.13 Å². The smallest absolute Gasteiger partial charge is 0.280 e. The number of rotatable bonds is 4. The van der Waals surface area contributed by atoms with Gasteiger partial charge in [-0.3, -0.25) is 15.0 Å². The Morgan fingerprint density at radius 3 is 2.24 bits per heavy atom. The van der Waals surface area contributed by atoms with E-state index in [0.29, 0.717) is 16.3 Å². The fourth-order valence-electron chi connectivity index (χ4n) is 2.61. The minimum Gasteiger partial charge on any atom is -0.497 e. The molecule has 0 unspecified atom stereocenters. The third-order valence-electron chi connectivity index (χ3n) is 3.89. The van der Waals surface area contributed by atoms with E-state index in [2.05, 4.69) is 10.4 Å². The Morgan fingerprint density at radius 2 is 1.64 bits per heavy atom. The molecular formula is C18H13N3O3S. The summed E-state index contributed by atoms with van der Waals surface area (Å²) in [6.07, 6.45) is 0. The highest BCUT2D eigenvalue weighted by molar-refractivity contribution is 7.14. The van der Waals surface area contributed by atoms with Gasteiger partial charge in [-0.1, -0.05) is 12.1 Å². The SMILES string of the molecule is COc1ccc(-c2csc(NN3C(=O)c4ccccc4C3=O)n2)cc1. The van der Waals surface area contributed by atoms with Crippen molar-refractivity contribution in [2.45, 2.75) is 0 Å². The van der Waals surface area contributed by atoms with E-state index in [4.69, 9.17) is 4.74 Å². The van der Waals surface area contributed by atoms with Crippen molar-refractivity contribution in [3.05, 3.63) is 65.0 Å².